The molecule has 1 saturated carbocycles. The maximum absolute atomic E-state index is 13.3. The quantitative estimate of drug-likeness (QED) is 0.437. The van der Waals surface area contributed by atoms with E-state index in [1.807, 2.05) is 13.0 Å². The number of esters is 1. The van der Waals surface area contributed by atoms with Crippen molar-refractivity contribution in [3.05, 3.63) is 53.1 Å². The zero-order chi connectivity index (χ0) is 23.5. The maximum atomic E-state index is 13.3. The van der Waals surface area contributed by atoms with Gasteiger partial charge in [-0.2, -0.15) is 0 Å². The third-order valence-corrected chi connectivity index (χ3v) is 8.32. The summed E-state index contributed by atoms with van der Waals surface area (Å²) < 4.78 is 11.3. The van der Waals surface area contributed by atoms with Crippen LogP contribution in [0.1, 0.15) is 82.4 Å². The van der Waals surface area contributed by atoms with Crippen LogP contribution in [-0.4, -0.2) is 24.7 Å². The number of hydrogen-bond donors (Lipinski definition) is 1. The molecule has 0 spiro atoms. The average Bonchev–Trinajstić information content (AvgIpc) is 3.17. The van der Waals surface area contributed by atoms with Gasteiger partial charge in [-0.05, 0) is 73.6 Å². The van der Waals surface area contributed by atoms with Crippen LogP contribution in [0.25, 0.3) is 22.2 Å². The first-order valence-corrected chi connectivity index (χ1v) is 12.3. The van der Waals surface area contributed by atoms with E-state index in [4.69, 9.17) is 9.47 Å². The van der Waals surface area contributed by atoms with Gasteiger partial charge in [-0.1, -0.05) is 39.3 Å². The predicted molar refractivity (Wildman–Crippen MR) is 133 cm³/mol. The minimum absolute atomic E-state index is 0.0178. The summed E-state index contributed by atoms with van der Waals surface area (Å²) in [6, 6.07) is 13.2. The molecule has 174 valence electrons. The second-order valence-electron chi connectivity index (χ2n) is 10.6. The highest BCUT2D eigenvalue weighted by Crippen LogP contribution is 2.64. The molecule has 3 aromatic rings. The van der Waals surface area contributed by atoms with Crippen LogP contribution in [0.3, 0.4) is 0 Å². The van der Waals surface area contributed by atoms with Crippen LogP contribution in [0.2, 0.25) is 0 Å². The molecule has 1 fully saturated rings. The van der Waals surface area contributed by atoms with Crippen molar-refractivity contribution in [2.45, 2.75) is 71.1 Å². The Morgan fingerprint density at radius 3 is 2.64 bits per heavy atom. The van der Waals surface area contributed by atoms with Gasteiger partial charge >= 0.3 is 5.97 Å². The molecule has 3 atom stereocenters. The lowest BCUT2D eigenvalue weighted by atomic mass is 9.49. The minimum Gasteiger partial charge on any atom is -0.494 e. The topological polar surface area (TPSA) is 51.3 Å². The van der Waals surface area contributed by atoms with E-state index in [2.05, 4.69) is 63.0 Å². The molecule has 2 aromatic carbocycles. The number of aromatic nitrogens is 1. The first-order valence-electron chi connectivity index (χ1n) is 12.3. The molecule has 0 radical (unpaired) electrons. The molecule has 0 bridgehead atoms. The van der Waals surface area contributed by atoms with Gasteiger partial charge in [0, 0.05) is 27.8 Å². The third-order valence-electron chi connectivity index (χ3n) is 8.32. The SMILES string of the molecule is CCOc1ccc2[nH]c3c(c2c1)C1[C@](C)(C(=O)OC)CCC[C@]1(C)c1ccc(C(C)C)cc1-3. The highest BCUT2D eigenvalue weighted by Gasteiger charge is 2.58. The van der Waals surface area contributed by atoms with Crippen LogP contribution >= 0.6 is 0 Å². The third kappa shape index (κ3) is 3.06. The van der Waals surface area contributed by atoms with Gasteiger partial charge < -0.3 is 14.5 Å². The van der Waals surface area contributed by atoms with Gasteiger partial charge in [-0.15, -0.1) is 0 Å². The summed E-state index contributed by atoms with van der Waals surface area (Å²) >= 11 is 0. The Morgan fingerprint density at radius 2 is 1.94 bits per heavy atom. The van der Waals surface area contributed by atoms with E-state index in [1.54, 1.807) is 0 Å². The van der Waals surface area contributed by atoms with Gasteiger partial charge in [-0.3, -0.25) is 4.79 Å². The standard InChI is InChI=1S/C29H35NO3/c1-7-33-19-10-12-23-21(16-19)24-25(30-23)20-15-18(17(2)3)9-11-22(20)28(4)13-8-14-29(5,26(24)28)27(31)32-6/h9-12,15-17,26,30H,7-8,13-14H2,1-6H3/t26?,28-,29-/m1/s1. The Labute approximate surface area is 196 Å². The Kier molecular flexibility index (Phi) is 5.11. The number of aromatic amines is 1. The van der Waals surface area contributed by atoms with Crippen LogP contribution < -0.4 is 4.74 Å². The summed E-state index contributed by atoms with van der Waals surface area (Å²) in [4.78, 5) is 17.1. The average molecular weight is 446 g/mol. The van der Waals surface area contributed by atoms with Gasteiger partial charge in [0.05, 0.1) is 24.8 Å². The number of methoxy groups -OCH3 is 1. The van der Waals surface area contributed by atoms with E-state index in [0.717, 1.165) is 41.6 Å². The number of ether oxygens (including phenoxy) is 2. The Bertz CT molecular complexity index is 1240. The molecule has 2 aliphatic rings. The zero-order valence-electron chi connectivity index (χ0n) is 20.7. The Morgan fingerprint density at radius 1 is 1.15 bits per heavy atom. The number of nitrogens with one attached hydrogen (secondary N) is 1. The number of rotatable bonds is 4. The van der Waals surface area contributed by atoms with Gasteiger partial charge in [0.1, 0.15) is 5.75 Å². The largest absolute Gasteiger partial charge is 0.494 e. The monoisotopic (exact) mass is 445 g/mol. The normalized spacial score (nSPS) is 26.0. The van der Waals surface area contributed by atoms with Gasteiger partial charge in [0.25, 0.3) is 0 Å². The van der Waals surface area contributed by atoms with Crippen LogP contribution in [0.5, 0.6) is 5.75 Å². The molecule has 1 aromatic heterocycles. The van der Waals surface area contributed by atoms with Crippen molar-refractivity contribution < 1.29 is 14.3 Å². The van der Waals surface area contributed by atoms with Crippen molar-refractivity contribution in [3.8, 4) is 17.0 Å². The van der Waals surface area contributed by atoms with E-state index >= 15 is 0 Å². The lowest BCUT2D eigenvalue weighted by Crippen LogP contribution is -2.50. The fraction of sp³-hybridized carbons (Fsp3) is 0.483. The molecule has 4 heteroatoms. The molecule has 5 rings (SSSR count). The van der Waals surface area contributed by atoms with Gasteiger partial charge in [0.15, 0.2) is 0 Å². The molecule has 1 N–H and O–H groups in total. The molecule has 1 heterocycles. The number of carbonyl (C=O) groups excluding carboxylic acids is 1. The molecule has 1 unspecified atom stereocenters. The Hall–Kier alpha value is -2.75. The lowest BCUT2D eigenvalue weighted by molar-refractivity contribution is -0.157. The predicted octanol–water partition coefficient (Wildman–Crippen LogP) is 7.08. The molecule has 0 amide bonds. The molecular weight excluding hydrogens is 410 g/mol. The summed E-state index contributed by atoms with van der Waals surface area (Å²) in [5.74, 6) is 1.22. The summed E-state index contributed by atoms with van der Waals surface area (Å²) in [5.41, 5.74) is 6.69. The smallest absolute Gasteiger partial charge is 0.312 e. The van der Waals surface area contributed by atoms with Crippen molar-refractivity contribution >= 4 is 16.9 Å². The van der Waals surface area contributed by atoms with E-state index < -0.39 is 5.41 Å². The summed E-state index contributed by atoms with van der Waals surface area (Å²) in [6.07, 6.45) is 2.89. The molecule has 0 aliphatic heterocycles. The second-order valence-corrected chi connectivity index (χ2v) is 10.6. The Balaban J connectivity index is 1.87. The molecule has 4 nitrogen and oxygen atoms in total. The maximum Gasteiger partial charge on any atom is 0.312 e. The highest BCUT2D eigenvalue weighted by molar-refractivity contribution is 5.96. The van der Waals surface area contributed by atoms with Gasteiger partial charge in [0.2, 0.25) is 0 Å². The number of fused-ring (bicyclic) bond motifs is 8. The first-order chi connectivity index (χ1) is 15.7. The summed E-state index contributed by atoms with van der Waals surface area (Å²) in [5, 5.41) is 1.16. The zero-order valence-corrected chi connectivity index (χ0v) is 20.7. The van der Waals surface area contributed by atoms with Crippen molar-refractivity contribution in [2.24, 2.45) is 5.41 Å². The van der Waals surface area contributed by atoms with Crippen LogP contribution in [0.4, 0.5) is 0 Å². The molecule has 33 heavy (non-hydrogen) atoms. The number of H-pyrrole nitrogens is 1. The molecule has 2 aliphatic carbocycles. The number of hydrogen-bond acceptors (Lipinski definition) is 3. The van der Waals surface area contributed by atoms with Crippen molar-refractivity contribution in [3.63, 3.8) is 0 Å². The fourth-order valence-corrected chi connectivity index (χ4v) is 6.78. The van der Waals surface area contributed by atoms with Crippen LogP contribution in [0, 0.1) is 5.41 Å². The highest BCUT2D eigenvalue weighted by atomic mass is 16.5. The summed E-state index contributed by atoms with van der Waals surface area (Å²) in [6.45, 7) is 11.6. The number of benzene rings is 2. The van der Waals surface area contributed by atoms with E-state index in [1.165, 1.54) is 29.4 Å². The van der Waals surface area contributed by atoms with Gasteiger partial charge in [-0.25, -0.2) is 0 Å². The lowest BCUT2D eigenvalue weighted by Gasteiger charge is -2.54. The van der Waals surface area contributed by atoms with Crippen molar-refractivity contribution in [1.82, 2.24) is 4.98 Å². The van der Waals surface area contributed by atoms with Crippen LogP contribution in [-0.2, 0) is 14.9 Å². The van der Waals surface area contributed by atoms with E-state index in [-0.39, 0.29) is 17.3 Å². The first kappa shape index (κ1) is 22.1. The van der Waals surface area contributed by atoms with E-state index in [0.29, 0.717) is 12.5 Å². The second kappa shape index (κ2) is 7.65. The summed E-state index contributed by atoms with van der Waals surface area (Å²) in [7, 11) is 1.52. The van der Waals surface area contributed by atoms with Crippen molar-refractivity contribution in [2.75, 3.05) is 13.7 Å². The minimum atomic E-state index is -0.596. The van der Waals surface area contributed by atoms with Crippen molar-refractivity contribution in [1.29, 1.82) is 0 Å². The van der Waals surface area contributed by atoms with E-state index in [9.17, 15) is 4.79 Å². The molecule has 0 saturated heterocycles. The van der Waals surface area contributed by atoms with Crippen LogP contribution in [0.15, 0.2) is 36.4 Å². The molecular formula is C29H35NO3. The fourth-order valence-electron chi connectivity index (χ4n) is 6.78. The number of carbonyl (C=O) groups is 1.